The lowest BCUT2D eigenvalue weighted by Gasteiger charge is -2.09. The molecule has 0 amide bonds. The second kappa shape index (κ2) is 5.56. The Morgan fingerprint density at radius 1 is 1.40 bits per heavy atom. The first-order chi connectivity index (χ1) is 7.15. The molecule has 2 heteroatoms. The van der Waals surface area contributed by atoms with Crippen molar-refractivity contribution in [2.24, 2.45) is 0 Å². The molecule has 0 bridgehead atoms. The van der Waals surface area contributed by atoms with Gasteiger partial charge in [-0.3, -0.25) is 0 Å². The van der Waals surface area contributed by atoms with Crippen molar-refractivity contribution in [3.63, 3.8) is 0 Å². The third-order valence-electron chi connectivity index (χ3n) is 2.46. The fraction of sp³-hybridized carbons (Fsp3) is 0.231. The second-order valence-electron chi connectivity index (χ2n) is 4.00. The van der Waals surface area contributed by atoms with Crippen molar-refractivity contribution in [3.05, 3.63) is 47.7 Å². The molecule has 1 rings (SSSR count). The Kier molecular flexibility index (Phi) is 4.37. The Morgan fingerprint density at radius 3 is 2.60 bits per heavy atom. The number of allylic oxidation sites excluding steroid dienone is 2. The SMILES string of the molecule is C=CCC(=Cc1ccccc1N)[SiH](C)C. The molecule has 0 aromatic heterocycles. The summed E-state index contributed by atoms with van der Waals surface area (Å²) in [7, 11) is -0.759. The zero-order chi connectivity index (χ0) is 11.3. The number of nitrogens with two attached hydrogens (primary N) is 1. The molecule has 1 aromatic rings. The van der Waals surface area contributed by atoms with Gasteiger partial charge in [0.15, 0.2) is 0 Å². The van der Waals surface area contributed by atoms with Gasteiger partial charge in [-0.1, -0.05) is 48.6 Å². The zero-order valence-corrected chi connectivity index (χ0v) is 10.7. The first kappa shape index (κ1) is 11.8. The normalized spacial score (nSPS) is 11.8. The van der Waals surface area contributed by atoms with Crippen LogP contribution in [0.25, 0.3) is 6.08 Å². The lowest BCUT2D eigenvalue weighted by Crippen LogP contribution is -2.05. The Balaban J connectivity index is 3.01. The Hall–Kier alpha value is -1.28. The standard InChI is InChI=1S/C13H19NSi/c1-4-7-12(15(2)3)10-11-8-5-6-9-13(11)14/h4-6,8-10,15H,1,7,14H2,2-3H3. The molecule has 1 aromatic carbocycles. The highest BCUT2D eigenvalue weighted by Crippen LogP contribution is 2.18. The topological polar surface area (TPSA) is 26.0 Å². The maximum Gasteiger partial charge on any atom is 0.0600 e. The van der Waals surface area contributed by atoms with Gasteiger partial charge in [0.1, 0.15) is 0 Å². The van der Waals surface area contributed by atoms with E-state index in [1.165, 1.54) is 5.20 Å². The Bertz CT molecular complexity index is 367. The number of hydrogen-bond donors (Lipinski definition) is 1. The molecule has 0 fully saturated rings. The van der Waals surface area contributed by atoms with Crippen LogP contribution >= 0.6 is 0 Å². The molecule has 1 nitrogen and oxygen atoms in total. The molecular weight excluding hydrogens is 198 g/mol. The summed E-state index contributed by atoms with van der Waals surface area (Å²) >= 11 is 0. The molecule has 2 N–H and O–H groups in total. The van der Waals surface area contributed by atoms with Crippen molar-refractivity contribution < 1.29 is 0 Å². The second-order valence-corrected chi connectivity index (χ2v) is 7.05. The lowest BCUT2D eigenvalue weighted by molar-refractivity contribution is 1.35. The maximum atomic E-state index is 5.91. The van der Waals surface area contributed by atoms with E-state index in [1.807, 2.05) is 24.3 Å². The van der Waals surface area contributed by atoms with E-state index >= 15 is 0 Å². The van der Waals surface area contributed by atoms with E-state index < -0.39 is 8.80 Å². The van der Waals surface area contributed by atoms with Crippen molar-refractivity contribution in [1.29, 1.82) is 0 Å². The lowest BCUT2D eigenvalue weighted by atomic mass is 10.1. The van der Waals surface area contributed by atoms with Crippen molar-refractivity contribution >= 4 is 20.6 Å². The van der Waals surface area contributed by atoms with Crippen LogP contribution in [0.5, 0.6) is 0 Å². The van der Waals surface area contributed by atoms with Gasteiger partial charge in [-0.25, -0.2) is 0 Å². The Morgan fingerprint density at radius 2 is 2.07 bits per heavy atom. The van der Waals surface area contributed by atoms with Crippen LogP contribution in [0.1, 0.15) is 12.0 Å². The minimum Gasteiger partial charge on any atom is -0.398 e. The molecule has 0 atom stereocenters. The number of nitrogen functional groups attached to an aromatic ring is 1. The zero-order valence-electron chi connectivity index (χ0n) is 9.53. The Labute approximate surface area is 93.9 Å². The average molecular weight is 217 g/mol. The van der Waals surface area contributed by atoms with E-state index in [4.69, 9.17) is 5.73 Å². The predicted octanol–water partition coefficient (Wildman–Crippen LogP) is 3.25. The number of para-hydroxylation sites is 1. The highest BCUT2D eigenvalue weighted by Gasteiger charge is 2.03. The summed E-state index contributed by atoms with van der Waals surface area (Å²) in [6.45, 7) is 8.45. The molecule has 15 heavy (non-hydrogen) atoms. The number of hydrogen-bond acceptors (Lipinski definition) is 1. The van der Waals surface area contributed by atoms with Gasteiger partial charge in [0, 0.05) is 5.69 Å². The molecule has 0 aliphatic rings. The van der Waals surface area contributed by atoms with Crippen molar-refractivity contribution in [1.82, 2.24) is 0 Å². The predicted molar refractivity (Wildman–Crippen MR) is 72.5 cm³/mol. The molecule has 0 saturated heterocycles. The average Bonchev–Trinajstić information content (AvgIpc) is 2.20. The van der Waals surface area contributed by atoms with Gasteiger partial charge in [0.25, 0.3) is 0 Å². The summed E-state index contributed by atoms with van der Waals surface area (Å²) in [6, 6.07) is 8.00. The van der Waals surface area contributed by atoms with Gasteiger partial charge in [0.05, 0.1) is 8.80 Å². The quantitative estimate of drug-likeness (QED) is 0.467. The van der Waals surface area contributed by atoms with Crippen molar-refractivity contribution in [3.8, 4) is 0 Å². The molecule has 80 valence electrons. The van der Waals surface area contributed by atoms with Gasteiger partial charge < -0.3 is 5.73 Å². The van der Waals surface area contributed by atoms with Crippen LogP contribution in [0.3, 0.4) is 0 Å². The molecule has 0 aliphatic carbocycles. The third-order valence-corrected chi connectivity index (χ3v) is 4.34. The van der Waals surface area contributed by atoms with Gasteiger partial charge in [-0.05, 0) is 18.1 Å². The summed E-state index contributed by atoms with van der Waals surface area (Å²) < 4.78 is 0. The van der Waals surface area contributed by atoms with E-state index in [-0.39, 0.29) is 0 Å². The molecule has 0 heterocycles. The van der Waals surface area contributed by atoms with Gasteiger partial charge in [-0.2, -0.15) is 0 Å². The van der Waals surface area contributed by atoms with Crippen molar-refractivity contribution in [2.75, 3.05) is 5.73 Å². The van der Waals surface area contributed by atoms with Crippen LogP contribution in [-0.4, -0.2) is 8.80 Å². The minimum absolute atomic E-state index is 0.759. The number of anilines is 1. The van der Waals surface area contributed by atoms with E-state index in [1.54, 1.807) is 0 Å². The van der Waals surface area contributed by atoms with Gasteiger partial charge in [-0.15, -0.1) is 6.58 Å². The molecule has 0 spiro atoms. The monoisotopic (exact) mass is 217 g/mol. The third kappa shape index (κ3) is 3.40. The van der Waals surface area contributed by atoms with Crippen LogP contribution in [-0.2, 0) is 0 Å². The molecule has 0 aliphatic heterocycles. The van der Waals surface area contributed by atoms with Gasteiger partial charge in [0.2, 0.25) is 0 Å². The van der Waals surface area contributed by atoms with Crippen molar-refractivity contribution in [2.45, 2.75) is 19.5 Å². The first-order valence-corrected chi connectivity index (χ1v) is 8.19. The van der Waals surface area contributed by atoms with E-state index in [0.717, 1.165) is 17.7 Å². The minimum atomic E-state index is -0.759. The maximum absolute atomic E-state index is 5.91. The summed E-state index contributed by atoms with van der Waals surface area (Å²) in [5.41, 5.74) is 7.90. The van der Waals surface area contributed by atoms with Crippen LogP contribution < -0.4 is 5.73 Å². The molecule has 0 radical (unpaired) electrons. The van der Waals surface area contributed by atoms with Gasteiger partial charge >= 0.3 is 0 Å². The van der Waals surface area contributed by atoms with E-state index in [2.05, 4.69) is 31.8 Å². The number of benzene rings is 1. The smallest absolute Gasteiger partial charge is 0.0600 e. The molecular formula is C13H19NSi. The van der Waals surface area contributed by atoms with Crippen LogP contribution in [0.4, 0.5) is 5.69 Å². The first-order valence-electron chi connectivity index (χ1n) is 5.31. The fourth-order valence-electron chi connectivity index (χ4n) is 1.47. The summed E-state index contributed by atoms with van der Waals surface area (Å²) in [4.78, 5) is 0. The summed E-state index contributed by atoms with van der Waals surface area (Å²) in [5.74, 6) is 0. The fourth-order valence-corrected chi connectivity index (χ4v) is 2.62. The summed E-state index contributed by atoms with van der Waals surface area (Å²) in [5, 5.41) is 1.50. The highest BCUT2D eigenvalue weighted by atomic mass is 28.3. The highest BCUT2D eigenvalue weighted by molar-refractivity contribution is 6.64. The number of rotatable bonds is 4. The summed E-state index contributed by atoms with van der Waals surface area (Å²) in [6.07, 6.45) is 5.18. The van der Waals surface area contributed by atoms with Crippen LogP contribution in [0, 0.1) is 0 Å². The molecule has 0 unspecified atom stereocenters. The molecule has 0 saturated carbocycles. The van der Waals surface area contributed by atoms with Crippen LogP contribution in [0.2, 0.25) is 13.1 Å². The van der Waals surface area contributed by atoms with E-state index in [9.17, 15) is 0 Å². The van der Waals surface area contributed by atoms with E-state index in [0.29, 0.717) is 0 Å². The van der Waals surface area contributed by atoms with Crippen LogP contribution in [0.15, 0.2) is 42.1 Å². The largest absolute Gasteiger partial charge is 0.398 e.